The van der Waals surface area contributed by atoms with Crippen molar-refractivity contribution in [3.8, 4) is 10.8 Å². The average molecular weight is 375 g/mol. The van der Waals surface area contributed by atoms with Gasteiger partial charge in [-0.2, -0.15) is 0 Å². The molecule has 1 N–H and O–H groups in total. The number of rotatable bonds is 5. The smallest absolute Gasteiger partial charge is 0.277 e. The van der Waals surface area contributed by atoms with Gasteiger partial charge in [0.25, 0.3) is 5.91 Å². The van der Waals surface area contributed by atoms with E-state index in [-0.39, 0.29) is 5.91 Å². The van der Waals surface area contributed by atoms with Crippen LogP contribution in [0.4, 0.5) is 5.69 Å². The summed E-state index contributed by atoms with van der Waals surface area (Å²) in [5, 5.41) is 5.60. The van der Waals surface area contributed by atoms with E-state index >= 15 is 0 Å². The fraction of sp³-hybridized carbons (Fsp3) is 0.263. The molecule has 0 bridgehead atoms. The summed E-state index contributed by atoms with van der Waals surface area (Å²) >= 11 is 7.83. The standard InChI is InChI=1S/C19H19ClN2O2S/c1-4-12-8-9-14(20)13(5-2)17(12)21-18(23)16-11(3)24-19(22-16)15-7-6-10-25-15/h6-10H,4-5H2,1-3H3,(H,21,23). The minimum absolute atomic E-state index is 0.282. The van der Waals surface area contributed by atoms with Gasteiger partial charge in [-0.3, -0.25) is 4.79 Å². The van der Waals surface area contributed by atoms with Gasteiger partial charge in [0.05, 0.1) is 4.88 Å². The second-order valence-corrected chi connectivity index (χ2v) is 6.98. The molecular weight excluding hydrogens is 356 g/mol. The third-order valence-electron chi connectivity index (χ3n) is 4.06. The Balaban J connectivity index is 1.95. The van der Waals surface area contributed by atoms with E-state index < -0.39 is 0 Å². The highest BCUT2D eigenvalue weighted by molar-refractivity contribution is 7.13. The molecule has 2 aromatic heterocycles. The Kier molecular flexibility index (Phi) is 5.25. The fourth-order valence-electron chi connectivity index (χ4n) is 2.75. The fourth-order valence-corrected chi connectivity index (χ4v) is 3.69. The molecule has 0 saturated carbocycles. The number of hydrogen-bond acceptors (Lipinski definition) is 4. The first-order valence-electron chi connectivity index (χ1n) is 8.18. The van der Waals surface area contributed by atoms with Gasteiger partial charge in [0.1, 0.15) is 5.76 Å². The number of amides is 1. The van der Waals surface area contributed by atoms with E-state index in [0.717, 1.165) is 34.5 Å². The van der Waals surface area contributed by atoms with Crippen molar-refractivity contribution in [2.24, 2.45) is 0 Å². The van der Waals surface area contributed by atoms with E-state index in [1.807, 2.05) is 36.6 Å². The maximum Gasteiger partial charge on any atom is 0.277 e. The number of halogens is 1. The molecule has 3 aromatic rings. The quantitative estimate of drug-likeness (QED) is 0.619. The first kappa shape index (κ1) is 17.7. The van der Waals surface area contributed by atoms with Gasteiger partial charge < -0.3 is 9.73 Å². The number of carbonyl (C=O) groups excluding carboxylic acids is 1. The van der Waals surface area contributed by atoms with Gasteiger partial charge in [-0.15, -0.1) is 11.3 Å². The van der Waals surface area contributed by atoms with Crippen molar-refractivity contribution in [1.82, 2.24) is 4.98 Å². The van der Waals surface area contributed by atoms with E-state index in [1.165, 1.54) is 11.3 Å². The number of benzene rings is 1. The van der Waals surface area contributed by atoms with Crippen molar-refractivity contribution < 1.29 is 9.21 Å². The number of nitrogens with zero attached hydrogens (tertiary/aromatic N) is 1. The van der Waals surface area contributed by atoms with Gasteiger partial charge in [-0.05, 0) is 48.4 Å². The molecule has 130 valence electrons. The number of thiophene rings is 1. The highest BCUT2D eigenvalue weighted by atomic mass is 35.5. The Morgan fingerprint density at radius 1 is 1.28 bits per heavy atom. The maximum atomic E-state index is 12.8. The van der Waals surface area contributed by atoms with Crippen LogP contribution in [0.15, 0.2) is 34.1 Å². The van der Waals surface area contributed by atoms with Crippen molar-refractivity contribution in [1.29, 1.82) is 0 Å². The molecule has 0 aliphatic rings. The molecule has 0 fully saturated rings. The number of aromatic nitrogens is 1. The van der Waals surface area contributed by atoms with Gasteiger partial charge in [0, 0.05) is 10.7 Å². The minimum Gasteiger partial charge on any atom is -0.440 e. The van der Waals surface area contributed by atoms with Gasteiger partial charge in [-0.1, -0.05) is 37.6 Å². The monoisotopic (exact) mass is 374 g/mol. The van der Waals surface area contributed by atoms with E-state index in [9.17, 15) is 4.79 Å². The lowest BCUT2D eigenvalue weighted by Gasteiger charge is -2.15. The number of anilines is 1. The van der Waals surface area contributed by atoms with Crippen LogP contribution in [-0.2, 0) is 12.8 Å². The number of oxazole rings is 1. The highest BCUT2D eigenvalue weighted by Crippen LogP contribution is 2.31. The molecule has 4 nitrogen and oxygen atoms in total. The Morgan fingerprint density at radius 2 is 2.08 bits per heavy atom. The van der Waals surface area contributed by atoms with Crippen LogP contribution in [0.5, 0.6) is 0 Å². The second-order valence-electron chi connectivity index (χ2n) is 5.62. The second kappa shape index (κ2) is 7.42. The van der Waals surface area contributed by atoms with Crippen molar-refractivity contribution >= 4 is 34.5 Å². The predicted molar refractivity (Wildman–Crippen MR) is 103 cm³/mol. The number of nitrogens with one attached hydrogen (secondary N) is 1. The average Bonchev–Trinajstić information content (AvgIpc) is 3.24. The number of aryl methyl sites for hydroxylation is 2. The van der Waals surface area contributed by atoms with E-state index in [0.29, 0.717) is 22.4 Å². The van der Waals surface area contributed by atoms with Gasteiger partial charge >= 0.3 is 0 Å². The molecule has 0 atom stereocenters. The molecule has 6 heteroatoms. The van der Waals surface area contributed by atoms with Crippen LogP contribution in [0.25, 0.3) is 10.8 Å². The highest BCUT2D eigenvalue weighted by Gasteiger charge is 2.21. The van der Waals surface area contributed by atoms with Crippen molar-refractivity contribution in [2.75, 3.05) is 5.32 Å². The molecule has 2 heterocycles. The van der Waals surface area contributed by atoms with Crippen LogP contribution in [0.2, 0.25) is 5.02 Å². The molecule has 0 aliphatic carbocycles. The Bertz CT molecular complexity index is 901. The van der Waals surface area contributed by atoms with Crippen molar-refractivity contribution in [2.45, 2.75) is 33.6 Å². The third kappa shape index (κ3) is 3.48. The Morgan fingerprint density at radius 3 is 2.72 bits per heavy atom. The third-order valence-corrected chi connectivity index (χ3v) is 5.27. The summed E-state index contributed by atoms with van der Waals surface area (Å²) in [6.07, 6.45) is 1.54. The molecular formula is C19H19ClN2O2S. The van der Waals surface area contributed by atoms with Crippen molar-refractivity contribution in [3.05, 3.63) is 57.2 Å². The van der Waals surface area contributed by atoms with Crippen LogP contribution in [0, 0.1) is 6.92 Å². The van der Waals surface area contributed by atoms with Crippen LogP contribution in [-0.4, -0.2) is 10.9 Å². The lowest BCUT2D eigenvalue weighted by atomic mass is 10.0. The van der Waals surface area contributed by atoms with Gasteiger partial charge in [0.2, 0.25) is 5.89 Å². The van der Waals surface area contributed by atoms with E-state index in [2.05, 4.69) is 17.2 Å². The lowest BCUT2D eigenvalue weighted by Crippen LogP contribution is -2.16. The summed E-state index contributed by atoms with van der Waals surface area (Å²) < 4.78 is 5.67. The molecule has 25 heavy (non-hydrogen) atoms. The zero-order chi connectivity index (χ0) is 18.0. The molecule has 0 saturated heterocycles. The summed E-state index contributed by atoms with van der Waals surface area (Å²) in [6.45, 7) is 5.82. The predicted octanol–water partition coefficient (Wildman–Crippen LogP) is 5.74. The molecule has 0 spiro atoms. The van der Waals surface area contributed by atoms with E-state index in [4.69, 9.17) is 16.0 Å². The van der Waals surface area contributed by atoms with Crippen LogP contribution in [0.3, 0.4) is 0 Å². The molecule has 3 rings (SSSR count). The first-order valence-corrected chi connectivity index (χ1v) is 9.43. The normalized spacial score (nSPS) is 10.9. The molecule has 0 unspecified atom stereocenters. The molecule has 1 amide bonds. The summed E-state index contributed by atoms with van der Waals surface area (Å²) in [6, 6.07) is 7.67. The van der Waals surface area contributed by atoms with E-state index in [1.54, 1.807) is 6.92 Å². The Hall–Kier alpha value is -2.11. The molecule has 0 aliphatic heterocycles. The SMILES string of the molecule is CCc1ccc(Cl)c(CC)c1NC(=O)c1nc(-c2cccs2)oc1C. The molecule has 1 aromatic carbocycles. The van der Waals surface area contributed by atoms with Crippen LogP contribution < -0.4 is 5.32 Å². The summed E-state index contributed by atoms with van der Waals surface area (Å²) in [5.41, 5.74) is 3.07. The van der Waals surface area contributed by atoms with Crippen molar-refractivity contribution in [3.63, 3.8) is 0 Å². The summed E-state index contributed by atoms with van der Waals surface area (Å²) in [4.78, 5) is 18.1. The topological polar surface area (TPSA) is 55.1 Å². The first-order chi connectivity index (χ1) is 12.0. The largest absolute Gasteiger partial charge is 0.440 e. The van der Waals surface area contributed by atoms with Crippen LogP contribution >= 0.6 is 22.9 Å². The lowest BCUT2D eigenvalue weighted by molar-refractivity contribution is 0.102. The minimum atomic E-state index is -0.282. The number of hydrogen-bond donors (Lipinski definition) is 1. The summed E-state index contributed by atoms with van der Waals surface area (Å²) in [7, 11) is 0. The van der Waals surface area contributed by atoms with Gasteiger partial charge in [-0.25, -0.2) is 4.98 Å². The molecule has 0 radical (unpaired) electrons. The zero-order valence-electron chi connectivity index (χ0n) is 14.4. The Labute approximate surface area is 155 Å². The maximum absolute atomic E-state index is 12.8. The number of carbonyl (C=O) groups is 1. The zero-order valence-corrected chi connectivity index (χ0v) is 15.9. The summed E-state index contributed by atoms with van der Waals surface area (Å²) in [5.74, 6) is 0.685. The van der Waals surface area contributed by atoms with Crippen LogP contribution in [0.1, 0.15) is 41.2 Å². The van der Waals surface area contributed by atoms with Gasteiger partial charge in [0.15, 0.2) is 5.69 Å².